The standard InChI is InChI=1S/C18H22N2O3S/c1-22-15-5-3-13(4-6-15)9-14-10-20(8-7-17(14)23-2)18(21)16-11-24-12-19-16/h3-6,11-12,14,17H,7-10H2,1-2H3/t14-,17+/m1/s1. The maximum atomic E-state index is 12.6. The molecule has 6 heteroatoms. The molecule has 0 N–H and O–H groups in total. The van der Waals surface area contributed by atoms with Gasteiger partial charge in [0.25, 0.3) is 5.91 Å². The van der Waals surface area contributed by atoms with E-state index in [4.69, 9.17) is 9.47 Å². The molecule has 128 valence electrons. The van der Waals surface area contributed by atoms with Crippen molar-refractivity contribution < 1.29 is 14.3 Å². The van der Waals surface area contributed by atoms with Crippen molar-refractivity contribution in [2.24, 2.45) is 5.92 Å². The lowest BCUT2D eigenvalue weighted by atomic mass is 9.88. The summed E-state index contributed by atoms with van der Waals surface area (Å²) in [5.74, 6) is 1.15. The van der Waals surface area contributed by atoms with E-state index in [2.05, 4.69) is 17.1 Å². The van der Waals surface area contributed by atoms with E-state index in [1.807, 2.05) is 22.4 Å². The first-order valence-corrected chi connectivity index (χ1v) is 8.98. The maximum absolute atomic E-state index is 12.6. The molecule has 1 aromatic carbocycles. The third kappa shape index (κ3) is 3.76. The molecule has 0 radical (unpaired) electrons. The summed E-state index contributed by atoms with van der Waals surface area (Å²) in [4.78, 5) is 18.6. The fraction of sp³-hybridized carbons (Fsp3) is 0.444. The zero-order valence-electron chi connectivity index (χ0n) is 14.0. The number of thiazole rings is 1. The summed E-state index contributed by atoms with van der Waals surface area (Å²) in [6.07, 6.45) is 1.91. The zero-order chi connectivity index (χ0) is 16.9. The molecule has 0 spiro atoms. The monoisotopic (exact) mass is 346 g/mol. The van der Waals surface area contributed by atoms with Gasteiger partial charge in [-0.3, -0.25) is 4.79 Å². The second-order valence-corrected chi connectivity index (χ2v) is 6.72. The average Bonchev–Trinajstić information content (AvgIpc) is 3.16. The molecule has 0 aliphatic carbocycles. The van der Waals surface area contributed by atoms with Crippen LogP contribution in [0.5, 0.6) is 5.75 Å². The number of aromatic nitrogens is 1. The minimum atomic E-state index is 0.0190. The van der Waals surface area contributed by atoms with E-state index in [-0.39, 0.29) is 17.9 Å². The number of carbonyl (C=O) groups excluding carboxylic acids is 1. The van der Waals surface area contributed by atoms with Gasteiger partial charge in [0.1, 0.15) is 11.4 Å². The smallest absolute Gasteiger partial charge is 0.273 e. The van der Waals surface area contributed by atoms with Crippen molar-refractivity contribution in [1.29, 1.82) is 0 Å². The van der Waals surface area contributed by atoms with Crippen molar-refractivity contribution in [2.75, 3.05) is 27.3 Å². The van der Waals surface area contributed by atoms with Crippen LogP contribution in [-0.2, 0) is 11.2 Å². The Hall–Kier alpha value is -1.92. The first-order valence-electron chi connectivity index (χ1n) is 8.04. The Bertz CT molecular complexity index is 657. The number of ether oxygens (including phenoxy) is 2. The largest absolute Gasteiger partial charge is 0.497 e. The fourth-order valence-corrected chi connectivity index (χ4v) is 3.77. The average molecular weight is 346 g/mol. The Balaban J connectivity index is 1.69. The van der Waals surface area contributed by atoms with Gasteiger partial charge < -0.3 is 14.4 Å². The second-order valence-electron chi connectivity index (χ2n) is 6.00. The van der Waals surface area contributed by atoms with E-state index in [0.717, 1.165) is 18.6 Å². The Morgan fingerprint density at radius 1 is 1.33 bits per heavy atom. The molecular weight excluding hydrogens is 324 g/mol. The number of hydrogen-bond donors (Lipinski definition) is 0. The highest BCUT2D eigenvalue weighted by molar-refractivity contribution is 7.07. The van der Waals surface area contributed by atoms with Gasteiger partial charge in [0.2, 0.25) is 0 Å². The highest BCUT2D eigenvalue weighted by atomic mass is 32.1. The lowest BCUT2D eigenvalue weighted by molar-refractivity contribution is -0.00314. The van der Waals surface area contributed by atoms with Gasteiger partial charge in [-0.1, -0.05) is 12.1 Å². The number of rotatable bonds is 5. The number of nitrogens with zero attached hydrogens (tertiary/aromatic N) is 2. The van der Waals surface area contributed by atoms with Crippen LogP contribution in [0.15, 0.2) is 35.2 Å². The second kappa shape index (κ2) is 7.77. The van der Waals surface area contributed by atoms with Crippen LogP contribution in [0, 0.1) is 5.92 Å². The molecule has 1 saturated heterocycles. The molecule has 2 aromatic rings. The zero-order valence-corrected chi connectivity index (χ0v) is 14.8. The summed E-state index contributed by atoms with van der Waals surface area (Å²) < 4.78 is 10.9. The highest BCUT2D eigenvalue weighted by Gasteiger charge is 2.32. The van der Waals surface area contributed by atoms with E-state index in [1.165, 1.54) is 16.9 Å². The first kappa shape index (κ1) is 16.9. The number of likely N-dealkylation sites (tertiary alicyclic amines) is 1. The summed E-state index contributed by atoms with van der Waals surface area (Å²) in [6, 6.07) is 8.09. The lowest BCUT2D eigenvalue weighted by Gasteiger charge is -2.37. The van der Waals surface area contributed by atoms with Gasteiger partial charge in [0.05, 0.1) is 18.7 Å². The van der Waals surface area contributed by atoms with E-state index < -0.39 is 0 Å². The van der Waals surface area contributed by atoms with Crippen LogP contribution < -0.4 is 4.74 Å². The molecule has 0 unspecified atom stereocenters. The van der Waals surface area contributed by atoms with Crippen LogP contribution in [0.3, 0.4) is 0 Å². The van der Waals surface area contributed by atoms with Gasteiger partial charge in [-0.15, -0.1) is 11.3 Å². The Labute approximate surface area is 146 Å². The lowest BCUT2D eigenvalue weighted by Crippen LogP contribution is -2.47. The molecule has 2 heterocycles. The molecule has 1 aliphatic rings. The minimum absolute atomic E-state index is 0.0190. The molecule has 2 atom stereocenters. The van der Waals surface area contributed by atoms with Gasteiger partial charge >= 0.3 is 0 Å². The maximum Gasteiger partial charge on any atom is 0.273 e. The van der Waals surface area contributed by atoms with Crippen molar-refractivity contribution in [3.8, 4) is 5.75 Å². The number of benzene rings is 1. The predicted octanol–water partition coefficient (Wildman–Crippen LogP) is 2.87. The number of amides is 1. The first-order chi connectivity index (χ1) is 11.7. The summed E-state index contributed by atoms with van der Waals surface area (Å²) >= 11 is 1.45. The van der Waals surface area contributed by atoms with Crippen LogP contribution in [-0.4, -0.2) is 49.2 Å². The van der Waals surface area contributed by atoms with E-state index in [0.29, 0.717) is 18.8 Å². The number of hydrogen-bond acceptors (Lipinski definition) is 5. The summed E-state index contributed by atoms with van der Waals surface area (Å²) in [7, 11) is 3.42. The molecular formula is C18H22N2O3S. The molecule has 1 aromatic heterocycles. The van der Waals surface area contributed by atoms with Gasteiger partial charge in [0, 0.05) is 31.5 Å². The SMILES string of the molecule is COc1ccc(C[C@@H]2CN(C(=O)c3cscn3)CC[C@@H]2OC)cc1. The molecule has 0 saturated carbocycles. The van der Waals surface area contributed by atoms with Crippen molar-refractivity contribution in [3.05, 3.63) is 46.4 Å². The highest BCUT2D eigenvalue weighted by Crippen LogP contribution is 2.25. The van der Waals surface area contributed by atoms with Crippen LogP contribution in [0.2, 0.25) is 0 Å². The van der Waals surface area contributed by atoms with E-state index in [1.54, 1.807) is 19.7 Å². The molecule has 24 heavy (non-hydrogen) atoms. The number of piperidine rings is 1. The molecule has 1 fully saturated rings. The van der Waals surface area contributed by atoms with Gasteiger partial charge in [-0.25, -0.2) is 4.98 Å². The topological polar surface area (TPSA) is 51.7 Å². The van der Waals surface area contributed by atoms with E-state index >= 15 is 0 Å². The van der Waals surface area contributed by atoms with Gasteiger partial charge in [-0.05, 0) is 30.5 Å². The van der Waals surface area contributed by atoms with E-state index in [9.17, 15) is 4.79 Å². The molecule has 1 amide bonds. The normalized spacial score (nSPS) is 20.8. The third-order valence-corrected chi connectivity index (χ3v) is 5.15. The summed E-state index contributed by atoms with van der Waals surface area (Å²) in [5.41, 5.74) is 3.47. The van der Waals surface area contributed by atoms with Crippen molar-refractivity contribution >= 4 is 17.2 Å². The molecule has 3 rings (SSSR count). The fourth-order valence-electron chi connectivity index (χ4n) is 3.25. The number of carbonyl (C=O) groups is 1. The van der Waals surface area contributed by atoms with Gasteiger partial charge in [-0.2, -0.15) is 0 Å². The molecule has 5 nitrogen and oxygen atoms in total. The number of methoxy groups -OCH3 is 2. The quantitative estimate of drug-likeness (QED) is 0.835. The Kier molecular flexibility index (Phi) is 5.48. The molecule has 0 bridgehead atoms. The Morgan fingerprint density at radius 3 is 2.75 bits per heavy atom. The van der Waals surface area contributed by atoms with Crippen LogP contribution in [0.4, 0.5) is 0 Å². The Morgan fingerprint density at radius 2 is 2.12 bits per heavy atom. The third-order valence-electron chi connectivity index (χ3n) is 4.56. The van der Waals surface area contributed by atoms with Gasteiger partial charge in [0.15, 0.2) is 0 Å². The molecule has 1 aliphatic heterocycles. The van der Waals surface area contributed by atoms with Crippen molar-refractivity contribution in [2.45, 2.75) is 18.9 Å². The summed E-state index contributed by atoms with van der Waals surface area (Å²) in [6.45, 7) is 1.41. The summed E-state index contributed by atoms with van der Waals surface area (Å²) in [5, 5.41) is 1.81. The van der Waals surface area contributed by atoms with Crippen molar-refractivity contribution in [1.82, 2.24) is 9.88 Å². The van der Waals surface area contributed by atoms with Crippen molar-refractivity contribution in [3.63, 3.8) is 0 Å². The minimum Gasteiger partial charge on any atom is -0.497 e. The van der Waals surface area contributed by atoms with Crippen LogP contribution >= 0.6 is 11.3 Å². The van der Waals surface area contributed by atoms with Crippen LogP contribution in [0.25, 0.3) is 0 Å². The van der Waals surface area contributed by atoms with Crippen LogP contribution in [0.1, 0.15) is 22.5 Å². The predicted molar refractivity (Wildman–Crippen MR) is 93.6 cm³/mol.